The van der Waals surface area contributed by atoms with Crippen molar-refractivity contribution in [3.8, 4) is 0 Å². The fourth-order valence-corrected chi connectivity index (χ4v) is 2.66. The van der Waals surface area contributed by atoms with Crippen LogP contribution < -0.4 is 5.73 Å². The number of hydroxylamine groups is 2. The number of carbonyl (C=O) groups excluding carboxylic acids is 2. The molecular weight excluding hydrogens is 298 g/mol. The molecule has 3 amide bonds. The maximum absolute atomic E-state index is 12.3. The monoisotopic (exact) mass is 315 g/mol. The van der Waals surface area contributed by atoms with Crippen LogP contribution >= 0.6 is 0 Å². The molecule has 1 saturated heterocycles. The standard InChI is InChI=1S/C15H17N5O3/c1-2-7-23-20-12-8-11(9-18(10-12)15(20)22)19-6-5-17-14(19)4-3-13(16)21/h2-6,8,12H,1,7,9-10H2,(H2,16,21). The maximum atomic E-state index is 12.3. The normalized spacial score (nSPS) is 20.3. The second-order valence-corrected chi connectivity index (χ2v) is 5.19. The Hall–Kier alpha value is -2.87. The number of urea groups is 1. The molecule has 0 spiro atoms. The summed E-state index contributed by atoms with van der Waals surface area (Å²) in [4.78, 5) is 34.5. The molecule has 2 aliphatic heterocycles. The third-order valence-electron chi connectivity index (χ3n) is 3.61. The number of nitrogens with two attached hydrogens (primary N) is 1. The summed E-state index contributed by atoms with van der Waals surface area (Å²) in [6, 6.07) is -0.334. The van der Waals surface area contributed by atoms with Gasteiger partial charge in [-0.1, -0.05) is 6.08 Å². The molecular formula is C15H17N5O3. The zero-order chi connectivity index (χ0) is 16.4. The molecule has 120 valence electrons. The molecule has 1 fully saturated rings. The van der Waals surface area contributed by atoms with Crippen molar-refractivity contribution in [2.24, 2.45) is 5.73 Å². The molecule has 2 bridgehead atoms. The number of fused-ring (bicyclic) bond motifs is 2. The first-order chi connectivity index (χ1) is 11.1. The van der Waals surface area contributed by atoms with Gasteiger partial charge < -0.3 is 15.2 Å². The fourth-order valence-electron chi connectivity index (χ4n) is 2.66. The van der Waals surface area contributed by atoms with Crippen LogP contribution in [-0.4, -0.2) is 57.2 Å². The minimum atomic E-state index is -0.542. The summed E-state index contributed by atoms with van der Waals surface area (Å²) in [7, 11) is 0. The molecule has 0 aliphatic carbocycles. The Morgan fingerprint density at radius 2 is 2.39 bits per heavy atom. The van der Waals surface area contributed by atoms with Gasteiger partial charge >= 0.3 is 6.03 Å². The Morgan fingerprint density at radius 3 is 3.13 bits per heavy atom. The molecule has 0 aromatic carbocycles. The second-order valence-electron chi connectivity index (χ2n) is 5.19. The number of carbonyl (C=O) groups is 2. The van der Waals surface area contributed by atoms with Crippen molar-refractivity contribution in [3.05, 3.63) is 43.0 Å². The highest BCUT2D eigenvalue weighted by Crippen LogP contribution is 2.27. The van der Waals surface area contributed by atoms with E-state index >= 15 is 0 Å². The van der Waals surface area contributed by atoms with Gasteiger partial charge in [-0.15, -0.1) is 6.58 Å². The van der Waals surface area contributed by atoms with Crippen LogP contribution in [0.25, 0.3) is 11.8 Å². The van der Waals surface area contributed by atoms with Crippen molar-refractivity contribution < 1.29 is 14.4 Å². The predicted octanol–water partition coefficient (Wildman–Crippen LogP) is 0.460. The minimum Gasteiger partial charge on any atom is -0.366 e. The maximum Gasteiger partial charge on any atom is 0.345 e. The van der Waals surface area contributed by atoms with Crippen molar-refractivity contribution in [2.45, 2.75) is 6.04 Å². The zero-order valence-electron chi connectivity index (χ0n) is 12.5. The molecule has 0 saturated carbocycles. The molecule has 2 N–H and O–H groups in total. The average Bonchev–Trinajstić information content (AvgIpc) is 3.08. The van der Waals surface area contributed by atoms with E-state index in [1.54, 1.807) is 29.4 Å². The van der Waals surface area contributed by atoms with Crippen molar-refractivity contribution in [1.82, 2.24) is 19.5 Å². The Kier molecular flexibility index (Phi) is 3.98. The number of rotatable bonds is 6. The van der Waals surface area contributed by atoms with Gasteiger partial charge in [-0.3, -0.25) is 9.63 Å². The van der Waals surface area contributed by atoms with Crippen LogP contribution in [0.4, 0.5) is 4.79 Å². The van der Waals surface area contributed by atoms with Gasteiger partial charge in [0, 0.05) is 30.7 Å². The lowest BCUT2D eigenvalue weighted by Gasteiger charge is -2.22. The lowest BCUT2D eigenvalue weighted by molar-refractivity contribution is -0.113. The summed E-state index contributed by atoms with van der Waals surface area (Å²) < 4.78 is 1.82. The van der Waals surface area contributed by atoms with Gasteiger partial charge in [0.1, 0.15) is 5.82 Å². The fraction of sp³-hybridized carbons (Fsp3) is 0.267. The molecule has 1 aromatic heterocycles. The van der Waals surface area contributed by atoms with Crippen molar-refractivity contribution in [1.29, 1.82) is 0 Å². The van der Waals surface area contributed by atoms with Crippen molar-refractivity contribution >= 4 is 23.7 Å². The van der Waals surface area contributed by atoms with Gasteiger partial charge in [0.15, 0.2) is 0 Å². The van der Waals surface area contributed by atoms with Gasteiger partial charge in [0.2, 0.25) is 5.91 Å². The quantitative estimate of drug-likeness (QED) is 0.609. The summed E-state index contributed by atoms with van der Waals surface area (Å²) in [6.07, 6.45) is 9.76. The van der Waals surface area contributed by atoms with Crippen LogP contribution in [0.3, 0.4) is 0 Å². The number of imidazole rings is 1. The van der Waals surface area contributed by atoms with Crippen LogP contribution in [0.15, 0.2) is 37.2 Å². The Labute approximate surface area is 133 Å². The van der Waals surface area contributed by atoms with E-state index < -0.39 is 5.91 Å². The average molecular weight is 315 g/mol. The number of primary amides is 1. The van der Waals surface area contributed by atoms with Gasteiger partial charge in [0.05, 0.1) is 19.2 Å². The van der Waals surface area contributed by atoms with Gasteiger partial charge in [0.25, 0.3) is 0 Å². The van der Waals surface area contributed by atoms with Gasteiger partial charge in [-0.2, -0.15) is 5.06 Å². The van der Waals surface area contributed by atoms with Crippen LogP contribution in [0.1, 0.15) is 5.82 Å². The molecule has 23 heavy (non-hydrogen) atoms. The van der Waals surface area contributed by atoms with Crippen molar-refractivity contribution in [2.75, 3.05) is 19.7 Å². The van der Waals surface area contributed by atoms with Gasteiger partial charge in [-0.05, 0) is 12.2 Å². The number of aromatic nitrogens is 2. The zero-order valence-corrected chi connectivity index (χ0v) is 12.5. The van der Waals surface area contributed by atoms with E-state index in [-0.39, 0.29) is 18.7 Å². The molecule has 2 aliphatic rings. The van der Waals surface area contributed by atoms with Crippen LogP contribution in [0, 0.1) is 0 Å². The summed E-state index contributed by atoms with van der Waals surface area (Å²) in [5.41, 5.74) is 6.00. The molecule has 8 heteroatoms. The molecule has 8 nitrogen and oxygen atoms in total. The Bertz CT molecular complexity index is 706. The molecule has 3 heterocycles. The van der Waals surface area contributed by atoms with E-state index in [0.29, 0.717) is 18.9 Å². The highest BCUT2D eigenvalue weighted by molar-refractivity contribution is 5.90. The number of amides is 3. The van der Waals surface area contributed by atoms with E-state index in [1.807, 2.05) is 10.6 Å². The van der Waals surface area contributed by atoms with Crippen molar-refractivity contribution in [3.63, 3.8) is 0 Å². The molecule has 1 aromatic rings. The van der Waals surface area contributed by atoms with Crippen LogP contribution in [0.2, 0.25) is 0 Å². The molecule has 3 rings (SSSR count). The SMILES string of the molecule is C=CCON1C(=O)N2CC(n3ccnc3C=CC(N)=O)=CC1C2. The second kappa shape index (κ2) is 6.09. The molecule has 1 atom stereocenters. The smallest absolute Gasteiger partial charge is 0.345 e. The lowest BCUT2D eigenvalue weighted by Crippen LogP contribution is -2.33. The van der Waals surface area contributed by atoms with Crippen LogP contribution in [0.5, 0.6) is 0 Å². The topological polar surface area (TPSA) is 93.7 Å². The van der Waals surface area contributed by atoms with E-state index in [9.17, 15) is 9.59 Å². The first kappa shape index (κ1) is 15.0. The summed E-state index contributed by atoms with van der Waals surface area (Å²) >= 11 is 0. The van der Waals surface area contributed by atoms with E-state index in [4.69, 9.17) is 10.6 Å². The highest BCUT2D eigenvalue weighted by atomic mass is 16.7. The largest absolute Gasteiger partial charge is 0.366 e. The number of nitrogens with zero attached hydrogens (tertiary/aromatic N) is 4. The highest BCUT2D eigenvalue weighted by Gasteiger charge is 2.41. The van der Waals surface area contributed by atoms with E-state index in [2.05, 4.69) is 11.6 Å². The molecule has 0 radical (unpaired) electrons. The third kappa shape index (κ3) is 2.88. The predicted molar refractivity (Wildman–Crippen MR) is 83.5 cm³/mol. The van der Waals surface area contributed by atoms with Crippen LogP contribution in [-0.2, 0) is 9.63 Å². The summed E-state index contributed by atoms with van der Waals surface area (Å²) in [5.74, 6) is 0.0312. The third-order valence-corrected chi connectivity index (χ3v) is 3.61. The summed E-state index contributed by atoms with van der Waals surface area (Å²) in [6.45, 7) is 4.88. The summed E-state index contributed by atoms with van der Waals surface area (Å²) in [5, 5.41) is 1.37. The van der Waals surface area contributed by atoms with Gasteiger partial charge in [-0.25, -0.2) is 9.78 Å². The first-order valence-electron chi connectivity index (χ1n) is 7.14. The van der Waals surface area contributed by atoms with E-state index in [0.717, 1.165) is 5.70 Å². The minimum absolute atomic E-state index is 0.165. The van der Waals surface area contributed by atoms with E-state index in [1.165, 1.54) is 11.1 Å². The number of hydrogen-bond donors (Lipinski definition) is 1. The Morgan fingerprint density at radius 1 is 1.57 bits per heavy atom. The Balaban J connectivity index is 1.86. The number of hydrogen-bond acceptors (Lipinski definition) is 4. The lowest BCUT2D eigenvalue weighted by atomic mass is 10.2. The first-order valence-corrected chi connectivity index (χ1v) is 7.14. The molecule has 1 unspecified atom stereocenters.